The third-order valence-corrected chi connectivity index (χ3v) is 3.85. The second-order valence-corrected chi connectivity index (χ2v) is 5.11. The quantitative estimate of drug-likeness (QED) is 0.402. The molecule has 0 saturated carbocycles. The number of rotatable bonds is 1. The molecule has 1 heterocycles. The summed E-state index contributed by atoms with van der Waals surface area (Å²) in [7, 11) is 0. The van der Waals surface area contributed by atoms with Crippen LogP contribution in [-0.4, -0.2) is 9.67 Å². The molecule has 0 spiro atoms. The van der Waals surface area contributed by atoms with E-state index in [-0.39, 0.29) is 18.2 Å². The maximum atomic E-state index is 9.90. The average Bonchev–Trinajstić information content (AvgIpc) is 2.85. The zero-order valence-corrected chi connectivity index (χ0v) is 12.5. The molecule has 0 amide bonds. The van der Waals surface area contributed by atoms with Crippen molar-refractivity contribution < 1.29 is 5.11 Å². The first-order valence-corrected chi connectivity index (χ1v) is 6.83. The number of benzene rings is 3. The van der Waals surface area contributed by atoms with Crippen LogP contribution in [0.5, 0.6) is 5.75 Å². The molecule has 0 aliphatic heterocycles. The zero-order valence-electron chi connectivity index (χ0n) is 11.7. The van der Waals surface area contributed by atoms with Gasteiger partial charge in [-0.25, -0.2) is 0 Å². The normalized spacial score (nSPS) is 10.7. The number of fused-ring (bicyclic) bond motifs is 3. The number of aromatic hydroxyl groups is 1. The van der Waals surface area contributed by atoms with E-state index in [1.165, 1.54) is 10.8 Å². The maximum Gasteiger partial charge on any atom is 0.140 e. The van der Waals surface area contributed by atoms with Crippen LogP contribution in [0, 0.1) is 0 Å². The van der Waals surface area contributed by atoms with Gasteiger partial charge in [0.05, 0.1) is 16.7 Å². The number of phenols is 1. The van der Waals surface area contributed by atoms with E-state index in [1.807, 2.05) is 30.3 Å². The number of anilines is 1. The van der Waals surface area contributed by atoms with Crippen LogP contribution in [-0.2, 0) is 0 Å². The van der Waals surface area contributed by atoms with Crippen molar-refractivity contribution in [3.05, 3.63) is 66.7 Å². The van der Waals surface area contributed by atoms with Gasteiger partial charge in [0.2, 0.25) is 0 Å². The van der Waals surface area contributed by atoms with Crippen molar-refractivity contribution in [2.75, 3.05) is 5.73 Å². The Labute approximate surface area is 134 Å². The van der Waals surface area contributed by atoms with E-state index in [4.69, 9.17) is 5.73 Å². The van der Waals surface area contributed by atoms with E-state index >= 15 is 0 Å². The lowest BCUT2D eigenvalue weighted by atomic mass is 10.2. The van der Waals surface area contributed by atoms with Crippen LogP contribution >= 0.6 is 12.4 Å². The van der Waals surface area contributed by atoms with Gasteiger partial charge in [0.1, 0.15) is 5.75 Å². The minimum Gasteiger partial charge on any atom is -0.506 e. The van der Waals surface area contributed by atoms with Crippen LogP contribution in [0.1, 0.15) is 0 Å². The molecule has 0 aliphatic carbocycles. The number of para-hydroxylation sites is 2. The molecular formula is C18H15ClN2O. The lowest BCUT2D eigenvalue weighted by Gasteiger charge is -2.09. The molecule has 0 bridgehead atoms. The van der Waals surface area contributed by atoms with Gasteiger partial charge in [-0.1, -0.05) is 36.4 Å². The van der Waals surface area contributed by atoms with Crippen molar-refractivity contribution in [1.82, 2.24) is 4.57 Å². The van der Waals surface area contributed by atoms with Crippen molar-refractivity contribution in [2.24, 2.45) is 0 Å². The number of phenolic OH excluding ortho intramolecular Hbond substituents is 1. The van der Waals surface area contributed by atoms with E-state index in [9.17, 15) is 5.11 Å². The van der Waals surface area contributed by atoms with Gasteiger partial charge in [-0.2, -0.15) is 0 Å². The first kappa shape index (κ1) is 14.3. The lowest BCUT2D eigenvalue weighted by molar-refractivity contribution is 0.478. The Balaban J connectivity index is 0.00000144. The molecule has 4 heteroatoms. The average molecular weight is 311 g/mol. The summed E-state index contributed by atoms with van der Waals surface area (Å²) in [6.07, 6.45) is 0. The number of hydrogen-bond acceptors (Lipinski definition) is 2. The SMILES string of the molecule is Cl.Nc1ccc(-n2c3ccccc3c3ccccc32)cc1O. The molecule has 3 nitrogen and oxygen atoms in total. The molecule has 0 saturated heterocycles. The van der Waals surface area contributed by atoms with Gasteiger partial charge in [-0.05, 0) is 24.3 Å². The lowest BCUT2D eigenvalue weighted by Crippen LogP contribution is -1.95. The largest absolute Gasteiger partial charge is 0.506 e. The predicted octanol–water partition coefficient (Wildman–Crippen LogP) is 4.49. The Kier molecular flexibility index (Phi) is 3.43. The van der Waals surface area contributed by atoms with Gasteiger partial charge in [-0.15, -0.1) is 12.4 Å². The number of aromatic nitrogens is 1. The smallest absolute Gasteiger partial charge is 0.140 e. The number of halogens is 1. The predicted molar refractivity (Wildman–Crippen MR) is 94.1 cm³/mol. The monoisotopic (exact) mass is 310 g/mol. The number of nitrogens with zero attached hydrogens (tertiary/aromatic N) is 1. The van der Waals surface area contributed by atoms with E-state index in [0.717, 1.165) is 16.7 Å². The molecule has 3 aromatic carbocycles. The van der Waals surface area contributed by atoms with E-state index < -0.39 is 0 Å². The van der Waals surface area contributed by atoms with Gasteiger partial charge in [0, 0.05) is 22.5 Å². The summed E-state index contributed by atoms with van der Waals surface area (Å²) in [6.45, 7) is 0. The van der Waals surface area contributed by atoms with Crippen molar-refractivity contribution in [3.8, 4) is 11.4 Å². The van der Waals surface area contributed by atoms with Crippen LogP contribution in [0.4, 0.5) is 5.69 Å². The zero-order chi connectivity index (χ0) is 14.4. The molecule has 3 N–H and O–H groups in total. The van der Waals surface area contributed by atoms with Gasteiger partial charge in [0.25, 0.3) is 0 Å². The summed E-state index contributed by atoms with van der Waals surface area (Å²) < 4.78 is 2.14. The third-order valence-electron chi connectivity index (χ3n) is 3.85. The van der Waals surface area contributed by atoms with Crippen LogP contribution < -0.4 is 5.73 Å². The summed E-state index contributed by atoms with van der Waals surface area (Å²) in [5.74, 6) is 0.106. The number of hydrogen-bond donors (Lipinski definition) is 2. The Morgan fingerprint density at radius 3 is 1.86 bits per heavy atom. The molecular weight excluding hydrogens is 296 g/mol. The first-order chi connectivity index (χ1) is 10.3. The van der Waals surface area contributed by atoms with Crippen molar-refractivity contribution in [2.45, 2.75) is 0 Å². The summed E-state index contributed by atoms with van der Waals surface area (Å²) in [6, 6.07) is 21.9. The summed E-state index contributed by atoms with van der Waals surface area (Å²) in [4.78, 5) is 0. The fraction of sp³-hybridized carbons (Fsp3) is 0. The van der Waals surface area contributed by atoms with Crippen LogP contribution in [0.25, 0.3) is 27.5 Å². The Hall–Kier alpha value is -2.65. The highest BCUT2D eigenvalue weighted by Crippen LogP contribution is 2.33. The molecule has 22 heavy (non-hydrogen) atoms. The van der Waals surface area contributed by atoms with Gasteiger partial charge in [-0.3, -0.25) is 0 Å². The summed E-state index contributed by atoms with van der Waals surface area (Å²) in [5, 5.41) is 12.3. The third kappa shape index (κ3) is 1.98. The molecule has 0 fully saturated rings. The standard InChI is InChI=1S/C18H14N2O.ClH/c19-15-10-9-12(11-18(15)21)20-16-7-3-1-5-13(16)14-6-2-4-8-17(14)20;/h1-11,21H,19H2;1H. The van der Waals surface area contributed by atoms with E-state index in [2.05, 4.69) is 28.8 Å². The van der Waals surface area contributed by atoms with Crippen molar-refractivity contribution >= 4 is 39.9 Å². The molecule has 110 valence electrons. The molecule has 0 aliphatic rings. The highest BCUT2D eigenvalue weighted by atomic mass is 35.5. The van der Waals surface area contributed by atoms with Crippen molar-refractivity contribution in [1.29, 1.82) is 0 Å². The minimum absolute atomic E-state index is 0. The minimum atomic E-state index is 0. The van der Waals surface area contributed by atoms with Gasteiger partial charge >= 0.3 is 0 Å². The molecule has 1 aromatic heterocycles. The van der Waals surface area contributed by atoms with E-state index in [1.54, 1.807) is 12.1 Å². The van der Waals surface area contributed by atoms with Crippen LogP contribution in [0.3, 0.4) is 0 Å². The molecule has 0 unspecified atom stereocenters. The molecule has 0 atom stereocenters. The van der Waals surface area contributed by atoms with Gasteiger partial charge < -0.3 is 15.4 Å². The fourth-order valence-corrected chi connectivity index (χ4v) is 2.87. The van der Waals surface area contributed by atoms with Crippen molar-refractivity contribution in [3.63, 3.8) is 0 Å². The van der Waals surface area contributed by atoms with Gasteiger partial charge in [0.15, 0.2) is 0 Å². The highest BCUT2D eigenvalue weighted by molar-refractivity contribution is 6.09. The van der Waals surface area contributed by atoms with Crippen LogP contribution in [0.15, 0.2) is 66.7 Å². The first-order valence-electron chi connectivity index (χ1n) is 6.83. The Morgan fingerprint density at radius 1 is 0.773 bits per heavy atom. The second-order valence-electron chi connectivity index (χ2n) is 5.11. The topological polar surface area (TPSA) is 51.2 Å². The Bertz CT molecular complexity index is 922. The van der Waals surface area contributed by atoms with E-state index in [0.29, 0.717) is 5.69 Å². The molecule has 4 aromatic rings. The number of nitrogens with two attached hydrogens (primary N) is 1. The van der Waals surface area contributed by atoms with Crippen LogP contribution in [0.2, 0.25) is 0 Å². The fourth-order valence-electron chi connectivity index (χ4n) is 2.87. The molecule has 0 radical (unpaired) electrons. The summed E-state index contributed by atoms with van der Waals surface area (Å²) >= 11 is 0. The summed E-state index contributed by atoms with van der Waals surface area (Å²) in [5.41, 5.74) is 9.23. The Morgan fingerprint density at radius 2 is 1.32 bits per heavy atom. The highest BCUT2D eigenvalue weighted by Gasteiger charge is 2.11. The number of nitrogen functional groups attached to an aromatic ring is 1. The molecule has 4 rings (SSSR count). The maximum absolute atomic E-state index is 9.90. The second kappa shape index (κ2) is 5.28.